The zero-order valence-corrected chi connectivity index (χ0v) is 13.7. The quantitative estimate of drug-likeness (QED) is 0.654. The van der Waals surface area contributed by atoms with Crippen molar-refractivity contribution < 1.29 is 4.74 Å². The van der Waals surface area contributed by atoms with E-state index in [0.717, 1.165) is 43.0 Å². The van der Waals surface area contributed by atoms with Crippen molar-refractivity contribution in [3.8, 4) is 0 Å². The lowest BCUT2D eigenvalue weighted by Gasteiger charge is -2.24. The zero-order valence-electron chi connectivity index (χ0n) is 12.1. The molecule has 1 heterocycles. The second-order valence-corrected chi connectivity index (χ2v) is 6.23. The summed E-state index contributed by atoms with van der Waals surface area (Å²) in [6.07, 6.45) is 2.24. The van der Waals surface area contributed by atoms with Crippen LogP contribution in [0.3, 0.4) is 0 Å². The van der Waals surface area contributed by atoms with E-state index in [1.165, 1.54) is 5.56 Å². The van der Waals surface area contributed by atoms with Crippen LogP contribution in [0.1, 0.15) is 25.3 Å². The normalized spacial score (nSPS) is 22.9. The highest BCUT2D eigenvalue weighted by atomic mass is 79.9. The maximum absolute atomic E-state index is 5.76. The first-order valence-electron chi connectivity index (χ1n) is 6.94. The molecule has 20 heavy (non-hydrogen) atoms. The number of nitrogens with zero attached hydrogens (tertiary/aromatic N) is 1. The van der Waals surface area contributed by atoms with Crippen molar-refractivity contribution in [2.24, 2.45) is 4.99 Å². The van der Waals surface area contributed by atoms with Crippen LogP contribution in [0.15, 0.2) is 33.7 Å². The number of ether oxygens (including phenoxy) is 1. The van der Waals surface area contributed by atoms with Crippen LogP contribution >= 0.6 is 15.9 Å². The fraction of sp³-hybridized carbons (Fsp3) is 0.533. The van der Waals surface area contributed by atoms with E-state index < -0.39 is 0 Å². The second-order valence-electron chi connectivity index (χ2n) is 5.31. The van der Waals surface area contributed by atoms with Gasteiger partial charge >= 0.3 is 0 Å². The Hall–Kier alpha value is -1.07. The summed E-state index contributed by atoms with van der Waals surface area (Å²) >= 11 is 3.48. The van der Waals surface area contributed by atoms with Gasteiger partial charge in [0.15, 0.2) is 5.96 Å². The van der Waals surface area contributed by atoms with Crippen LogP contribution in [-0.4, -0.2) is 31.8 Å². The lowest BCUT2D eigenvalue weighted by Crippen LogP contribution is -2.45. The van der Waals surface area contributed by atoms with Gasteiger partial charge in [0.05, 0.1) is 5.60 Å². The monoisotopic (exact) mass is 339 g/mol. The molecule has 5 heteroatoms. The molecule has 1 atom stereocenters. The van der Waals surface area contributed by atoms with Gasteiger partial charge in [-0.1, -0.05) is 28.1 Å². The van der Waals surface area contributed by atoms with E-state index in [1.54, 1.807) is 7.05 Å². The minimum atomic E-state index is -0.0621. The van der Waals surface area contributed by atoms with E-state index >= 15 is 0 Å². The fourth-order valence-corrected chi connectivity index (χ4v) is 2.75. The van der Waals surface area contributed by atoms with Crippen molar-refractivity contribution in [1.29, 1.82) is 0 Å². The predicted molar refractivity (Wildman–Crippen MR) is 85.9 cm³/mol. The van der Waals surface area contributed by atoms with Gasteiger partial charge in [0.2, 0.25) is 0 Å². The first kappa shape index (κ1) is 15.3. The van der Waals surface area contributed by atoms with E-state index in [2.05, 4.69) is 50.6 Å². The Morgan fingerprint density at radius 1 is 1.45 bits per heavy atom. The van der Waals surface area contributed by atoms with Crippen LogP contribution in [-0.2, 0) is 11.3 Å². The highest BCUT2D eigenvalue weighted by Gasteiger charge is 2.29. The number of halogens is 1. The van der Waals surface area contributed by atoms with Crippen LogP contribution in [0.25, 0.3) is 0 Å². The molecule has 0 bridgehead atoms. The molecule has 1 aliphatic heterocycles. The van der Waals surface area contributed by atoms with Gasteiger partial charge in [-0.3, -0.25) is 4.99 Å². The average Bonchev–Trinajstić information content (AvgIpc) is 2.86. The number of guanidine groups is 1. The molecule has 2 N–H and O–H groups in total. The summed E-state index contributed by atoms with van der Waals surface area (Å²) in [5.74, 6) is 0.807. The number of nitrogens with one attached hydrogen (secondary N) is 2. The number of benzene rings is 1. The van der Waals surface area contributed by atoms with Crippen molar-refractivity contribution in [2.45, 2.75) is 31.9 Å². The zero-order chi connectivity index (χ0) is 14.4. The summed E-state index contributed by atoms with van der Waals surface area (Å²) < 4.78 is 6.85. The number of aliphatic imine (C=N–C) groups is 1. The standard InChI is InChI=1S/C15H22BrN3O/c1-15(7-4-8-20-15)11-19-14(17-2)18-10-12-5-3-6-13(16)9-12/h3,5-6,9H,4,7-8,10-11H2,1-2H3,(H2,17,18,19). The third-order valence-electron chi connectivity index (χ3n) is 3.50. The van der Waals surface area contributed by atoms with Crippen LogP contribution in [0, 0.1) is 0 Å². The van der Waals surface area contributed by atoms with Gasteiger partial charge in [-0.25, -0.2) is 0 Å². The maximum atomic E-state index is 5.76. The molecule has 0 aromatic heterocycles. The van der Waals surface area contributed by atoms with E-state index in [-0.39, 0.29) is 5.60 Å². The molecule has 1 aliphatic rings. The molecular weight excluding hydrogens is 318 g/mol. The molecule has 1 aromatic carbocycles. The molecule has 4 nitrogen and oxygen atoms in total. The Bertz CT molecular complexity index is 470. The first-order valence-corrected chi connectivity index (χ1v) is 7.73. The summed E-state index contributed by atoms with van der Waals surface area (Å²) in [6.45, 7) is 4.54. The summed E-state index contributed by atoms with van der Waals surface area (Å²) in [4.78, 5) is 4.24. The van der Waals surface area contributed by atoms with Gasteiger partial charge < -0.3 is 15.4 Å². The lowest BCUT2D eigenvalue weighted by atomic mass is 10.0. The smallest absolute Gasteiger partial charge is 0.191 e. The average molecular weight is 340 g/mol. The van der Waals surface area contributed by atoms with Gasteiger partial charge in [0.25, 0.3) is 0 Å². The summed E-state index contributed by atoms with van der Waals surface area (Å²) in [6, 6.07) is 8.24. The third-order valence-corrected chi connectivity index (χ3v) is 4.00. The van der Waals surface area contributed by atoms with Gasteiger partial charge in [-0.15, -0.1) is 0 Å². The Kier molecular flexibility index (Phi) is 5.43. The van der Waals surface area contributed by atoms with E-state index in [0.29, 0.717) is 0 Å². The van der Waals surface area contributed by atoms with Crippen molar-refractivity contribution in [2.75, 3.05) is 20.2 Å². The minimum Gasteiger partial charge on any atom is -0.373 e. The van der Waals surface area contributed by atoms with Crippen LogP contribution in [0.2, 0.25) is 0 Å². The predicted octanol–water partition coefficient (Wildman–Crippen LogP) is 2.68. The van der Waals surface area contributed by atoms with Crippen molar-refractivity contribution in [1.82, 2.24) is 10.6 Å². The molecule has 0 spiro atoms. The van der Waals surface area contributed by atoms with Crippen LogP contribution < -0.4 is 10.6 Å². The number of rotatable bonds is 4. The van der Waals surface area contributed by atoms with E-state index in [1.807, 2.05) is 12.1 Å². The van der Waals surface area contributed by atoms with E-state index in [4.69, 9.17) is 4.74 Å². The summed E-state index contributed by atoms with van der Waals surface area (Å²) in [5, 5.41) is 6.66. The molecular formula is C15H22BrN3O. The summed E-state index contributed by atoms with van der Waals surface area (Å²) in [7, 11) is 1.79. The molecule has 0 aliphatic carbocycles. The SMILES string of the molecule is CN=C(NCc1cccc(Br)c1)NCC1(C)CCCO1. The molecule has 1 aromatic rings. The molecule has 0 saturated carbocycles. The Labute approximate surface area is 129 Å². The highest BCUT2D eigenvalue weighted by Crippen LogP contribution is 2.23. The van der Waals surface area contributed by atoms with Gasteiger partial charge in [0.1, 0.15) is 0 Å². The first-order chi connectivity index (χ1) is 9.61. The third kappa shape index (κ3) is 4.49. The minimum absolute atomic E-state index is 0.0621. The maximum Gasteiger partial charge on any atom is 0.191 e. The molecule has 1 fully saturated rings. The Balaban J connectivity index is 1.81. The van der Waals surface area contributed by atoms with Crippen molar-refractivity contribution >= 4 is 21.9 Å². The summed E-state index contributed by atoms with van der Waals surface area (Å²) in [5.41, 5.74) is 1.15. The second kappa shape index (κ2) is 7.09. The number of hydrogen-bond acceptors (Lipinski definition) is 2. The molecule has 0 amide bonds. The largest absolute Gasteiger partial charge is 0.373 e. The Morgan fingerprint density at radius 2 is 2.30 bits per heavy atom. The highest BCUT2D eigenvalue weighted by molar-refractivity contribution is 9.10. The van der Waals surface area contributed by atoms with Gasteiger partial charge in [-0.05, 0) is 37.5 Å². The van der Waals surface area contributed by atoms with Crippen LogP contribution in [0.4, 0.5) is 0 Å². The van der Waals surface area contributed by atoms with Gasteiger partial charge in [-0.2, -0.15) is 0 Å². The number of hydrogen-bond donors (Lipinski definition) is 2. The molecule has 0 radical (unpaired) electrons. The molecule has 110 valence electrons. The molecule has 1 unspecified atom stereocenters. The van der Waals surface area contributed by atoms with Crippen molar-refractivity contribution in [3.05, 3.63) is 34.3 Å². The Morgan fingerprint density at radius 3 is 2.95 bits per heavy atom. The topological polar surface area (TPSA) is 45.7 Å². The van der Waals surface area contributed by atoms with Gasteiger partial charge in [0, 0.05) is 31.2 Å². The molecule has 2 rings (SSSR count). The fourth-order valence-electron chi connectivity index (χ4n) is 2.30. The molecule has 1 saturated heterocycles. The van der Waals surface area contributed by atoms with E-state index in [9.17, 15) is 0 Å². The van der Waals surface area contributed by atoms with Crippen LogP contribution in [0.5, 0.6) is 0 Å². The lowest BCUT2D eigenvalue weighted by molar-refractivity contribution is 0.0243. The van der Waals surface area contributed by atoms with Crippen molar-refractivity contribution in [3.63, 3.8) is 0 Å².